The van der Waals surface area contributed by atoms with Crippen LogP contribution in [0.3, 0.4) is 0 Å². The lowest BCUT2D eigenvalue weighted by atomic mass is 9.80. The van der Waals surface area contributed by atoms with E-state index in [2.05, 4.69) is 48.6 Å². The third-order valence-electron chi connectivity index (χ3n) is 2.50. The average Bonchev–Trinajstić information content (AvgIpc) is 2.02. The largest absolute Gasteiger partial charge is 0.260 e. The molecular formula is C11H16BrN. The van der Waals surface area contributed by atoms with E-state index >= 15 is 0 Å². The fourth-order valence-corrected chi connectivity index (χ4v) is 1.73. The second kappa shape index (κ2) is 3.79. The molecule has 72 valence electrons. The summed E-state index contributed by atoms with van der Waals surface area (Å²) in [6, 6.07) is 3.99. The van der Waals surface area contributed by atoms with Crippen LogP contribution >= 0.6 is 15.9 Å². The summed E-state index contributed by atoms with van der Waals surface area (Å²) in [5.74, 6) is 0.461. The number of halogens is 1. The van der Waals surface area contributed by atoms with Gasteiger partial charge in [-0.3, -0.25) is 4.98 Å². The molecule has 1 nitrogen and oxygen atoms in total. The lowest BCUT2D eigenvalue weighted by Crippen LogP contribution is -2.16. The number of nitrogens with zero attached hydrogens (tertiary/aromatic N) is 1. The van der Waals surface area contributed by atoms with Crippen LogP contribution in [-0.4, -0.2) is 4.98 Å². The molecule has 0 spiro atoms. The van der Waals surface area contributed by atoms with Crippen LogP contribution in [-0.2, 0) is 0 Å². The van der Waals surface area contributed by atoms with Crippen molar-refractivity contribution in [1.82, 2.24) is 4.98 Å². The molecule has 0 N–H and O–H groups in total. The molecule has 1 atom stereocenters. The molecule has 1 rings (SSSR count). The Morgan fingerprint density at radius 1 is 1.38 bits per heavy atom. The van der Waals surface area contributed by atoms with Crippen molar-refractivity contribution in [2.45, 2.75) is 33.6 Å². The van der Waals surface area contributed by atoms with Crippen LogP contribution in [0.2, 0.25) is 0 Å². The molecule has 0 aliphatic rings. The van der Waals surface area contributed by atoms with E-state index in [0.717, 1.165) is 10.2 Å². The topological polar surface area (TPSA) is 12.9 Å². The molecule has 1 aromatic rings. The Kier molecular flexibility index (Phi) is 3.12. The average molecular weight is 242 g/mol. The van der Waals surface area contributed by atoms with Crippen LogP contribution < -0.4 is 0 Å². The first-order chi connectivity index (χ1) is 5.93. The molecule has 0 fully saturated rings. The maximum absolute atomic E-state index is 4.40. The van der Waals surface area contributed by atoms with Gasteiger partial charge in [0.15, 0.2) is 0 Å². The highest BCUT2D eigenvalue weighted by Gasteiger charge is 2.24. The molecular weight excluding hydrogens is 226 g/mol. The van der Waals surface area contributed by atoms with Gasteiger partial charge in [0.05, 0.1) is 5.69 Å². The van der Waals surface area contributed by atoms with Gasteiger partial charge in [0.25, 0.3) is 0 Å². The van der Waals surface area contributed by atoms with Gasteiger partial charge >= 0.3 is 0 Å². The molecule has 13 heavy (non-hydrogen) atoms. The van der Waals surface area contributed by atoms with E-state index in [1.54, 1.807) is 0 Å². The first-order valence-corrected chi connectivity index (χ1v) is 5.32. The van der Waals surface area contributed by atoms with Crippen LogP contribution in [0.4, 0.5) is 0 Å². The molecule has 0 bridgehead atoms. The van der Waals surface area contributed by atoms with Crippen molar-refractivity contribution in [3.05, 3.63) is 28.5 Å². The third kappa shape index (κ3) is 2.53. The molecule has 2 heteroatoms. The summed E-state index contributed by atoms with van der Waals surface area (Å²) in [5.41, 5.74) is 1.41. The van der Waals surface area contributed by atoms with E-state index in [0.29, 0.717) is 5.92 Å². The molecule has 1 unspecified atom stereocenters. The Hall–Kier alpha value is -0.370. The van der Waals surface area contributed by atoms with Crippen molar-refractivity contribution in [2.24, 2.45) is 5.41 Å². The van der Waals surface area contributed by atoms with Gasteiger partial charge in [-0.2, -0.15) is 0 Å². The predicted octanol–water partition coefficient (Wildman–Crippen LogP) is 3.99. The molecule has 0 aromatic carbocycles. The van der Waals surface area contributed by atoms with Crippen molar-refractivity contribution in [3.8, 4) is 0 Å². The lowest BCUT2D eigenvalue weighted by Gasteiger charge is -2.27. The van der Waals surface area contributed by atoms with Gasteiger partial charge in [0, 0.05) is 16.6 Å². The van der Waals surface area contributed by atoms with Gasteiger partial charge in [0.2, 0.25) is 0 Å². The Labute approximate surface area is 88.7 Å². The Bertz CT molecular complexity index is 288. The maximum atomic E-state index is 4.40. The molecule has 0 amide bonds. The quantitative estimate of drug-likeness (QED) is 0.725. The summed E-state index contributed by atoms with van der Waals surface area (Å²) in [6.07, 6.45) is 1.85. The van der Waals surface area contributed by atoms with Crippen molar-refractivity contribution < 1.29 is 0 Å². The van der Waals surface area contributed by atoms with Crippen molar-refractivity contribution >= 4 is 15.9 Å². The Morgan fingerprint density at radius 2 is 2.00 bits per heavy atom. The first kappa shape index (κ1) is 10.7. The van der Waals surface area contributed by atoms with E-state index < -0.39 is 0 Å². The third-order valence-corrected chi connectivity index (χ3v) is 3.17. The Morgan fingerprint density at radius 3 is 2.46 bits per heavy atom. The number of aromatic nitrogens is 1. The van der Waals surface area contributed by atoms with Gasteiger partial charge in [-0.25, -0.2) is 0 Å². The highest BCUT2D eigenvalue weighted by atomic mass is 79.9. The van der Waals surface area contributed by atoms with Crippen LogP contribution in [0.5, 0.6) is 0 Å². The molecule has 1 heterocycles. The molecule has 0 saturated carbocycles. The van der Waals surface area contributed by atoms with Crippen LogP contribution in [0.15, 0.2) is 22.8 Å². The highest BCUT2D eigenvalue weighted by molar-refractivity contribution is 9.10. The predicted molar refractivity (Wildman–Crippen MR) is 59.8 cm³/mol. The number of hydrogen-bond acceptors (Lipinski definition) is 1. The minimum atomic E-state index is 0.261. The van der Waals surface area contributed by atoms with E-state index in [9.17, 15) is 0 Å². The first-order valence-electron chi connectivity index (χ1n) is 4.53. The zero-order valence-electron chi connectivity index (χ0n) is 8.63. The second-order valence-electron chi connectivity index (χ2n) is 4.46. The minimum Gasteiger partial charge on any atom is -0.260 e. The van der Waals surface area contributed by atoms with Gasteiger partial charge in [-0.1, -0.05) is 27.7 Å². The second-order valence-corrected chi connectivity index (χ2v) is 5.31. The molecule has 0 aliphatic carbocycles. The van der Waals surface area contributed by atoms with Crippen LogP contribution in [0, 0.1) is 5.41 Å². The van der Waals surface area contributed by atoms with Gasteiger partial charge in [-0.05, 0) is 33.5 Å². The number of rotatable bonds is 1. The molecule has 1 aromatic heterocycles. The smallest absolute Gasteiger partial charge is 0.0578 e. The van der Waals surface area contributed by atoms with Crippen molar-refractivity contribution in [2.75, 3.05) is 0 Å². The summed E-state index contributed by atoms with van der Waals surface area (Å²) in [5, 5.41) is 0. The summed E-state index contributed by atoms with van der Waals surface area (Å²) < 4.78 is 1.11. The van der Waals surface area contributed by atoms with Crippen LogP contribution in [0.25, 0.3) is 0 Å². The molecule has 0 aliphatic heterocycles. The van der Waals surface area contributed by atoms with E-state index in [1.165, 1.54) is 0 Å². The maximum Gasteiger partial charge on any atom is 0.0578 e. The van der Waals surface area contributed by atoms with Gasteiger partial charge in [0.1, 0.15) is 0 Å². The zero-order chi connectivity index (χ0) is 10.1. The number of hydrogen-bond donors (Lipinski definition) is 0. The minimum absolute atomic E-state index is 0.261. The van der Waals surface area contributed by atoms with E-state index in [1.807, 2.05) is 18.3 Å². The number of pyridine rings is 1. The molecule has 0 saturated heterocycles. The summed E-state index contributed by atoms with van der Waals surface area (Å²) in [6.45, 7) is 8.92. The van der Waals surface area contributed by atoms with Crippen LogP contribution in [0.1, 0.15) is 39.3 Å². The normalized spacial score (nSPS) is 14.2. The summed E-state index contributed by atoms with van der Waals surface area (Å²) in [7, 11) is 0. The van der Waals surface area contributed by atoms with Gasteiger partial charge in [-0.15, -0.1) is 0 Å². The monoisotopic (exact) mass is 241 g/mol. The van der Waals surface area contributed by atoms with Crippen molar-refractivity contribution in [3.63, 3.8) is 0 Å². The summed E-state index contributed by atoms with van der Waals surface area (Å²) in [4.78, 5) is 4.40. The van der Waals surface area contributed by atoms with E-state index in [4.69, 9.17) is 0 Å². The fraction of sp³-hybridized carbons (Fsp3) is 0.545. The zero-order valence-corrected chi connectivity index (χ0v) is 10.2. The van der Waals surface area contributed by atoms with E-state index in [-0.39, 0.29) is 5.41 Å². The fourth-order valence-electron chi connectivity index (χ4n) is 1.13. The SMILES string of the molecule is CC(c1ncccc1Br)C(C)(C)C. The molecule has 0 radical (unpaired) electrons. The summed E-state index contributed by atoms with van der Waals surface area (Å²) >= 11 is 3.53. The lowest BCUT2D eigenvalue weighted by molar-refractivity contribution is 0.333. The standard InChI is InChI=1S/C11H16BrN/c1-8(11(2,3)4)10-9(12)6-5-7-13-10/h5-8H,1-4H3. The van der Waals surface area contributed by atoms with Crippen molar-refractivity contribution in [1.29, 1.82) is 0 Å². The highest BCUT2D eigenvalue weighted by Crippen LogP contribution is 2.36. The van der Waals surface area contributed by atoms with Gasteiger partial charge < -0.3 is 0 Å². The Balaban J connectivity index is 3.02.